The van der Waals surface area contributed by atoms with Gasteiger partial charge in [-0.15, -0.1) is 11.3 Å². The molecule has 1 N–H and O–H groups in total. The van der Waals surface area contributed by atoms with Gasteiger partial charge in [-0.3, -0.25) is 0 Å². The van der Waals surface area contributed by atoms with Crippen molar-refractivity contribution >= 4 is 16.5 Å². The van der Waals surface area contributed by atoms with Crippen LogP contribution in [0.4, 0.5) is 5.13 Å². The molecule has 0 unspecified atom stereocenters. The summed E-state index contributed by atoms with van der Waals surface area (Å²) in [6.45, 7) is 0. The van der Waals surface area contributed by atoms with Crippen molar-refractivity contribution in [3.63, 3.8) is 0 Å². The molecule has 2 aromatic carbocycles. The number of anilines is 1. The molecule has 21 heavy (non-hydrogen) atoms. The summed E-state index contributed by atoms with van der Waals surface area (Å²) >= 11 is 1.61. The number of ether oxygens (including phenoxy) is 1. The highest BCUT2D eigenvalue weighted by Crippen LogP contribution is 2.34. The number of hydrogen-bond acceptors (Lipinski definition) is 4. The molecule has 4 heteroatoms. The number of benzene rings is 2. The van der Waals surface area contributed by atoms with E-state index < -0.39 is 0 Å². The van der Waals surface area contributed by atoms with Crippen molar-refractivity contribution in [3.05, 3.63) is 53.9 Å². The molecule has 0 fully saturated rings. The van der Waals surface area contributed by atoms with Crippen LogP contribution in [0, 0.1) is 0 Å². The van der Waals surface area contributed by atoms with E-state index in [9.17, 15) is 0 Å². The molecular weight excluding hydrogens is 280 g/mol. The van der Waals surface area contributed by atoms with Crippen molar-refractivity contribution in [2.24, 2.45) is 0 Å². The van der Waals surface area contributed by atoms with Gasteiger partial charge in [0.15, 0.2) is 5.13 Å². The van der Waals surface area contributed by atoms with Gasteiger partial charge in [0, 0.05) is 18.0 Å². The fourth-order valence-electron chi connectivity index (χ4n) is 2.26. The summed E-state index contributed by atoms with van der Waals surface area (Å²) in [6, 6.07) is 16.4. The number of methoxy groups -OCH3 is 1. The average molecular weight is 296 g/mol. The van der Waals surface area contributed by atoms with Crippen LogP contribution >= 0.6 is 11.3 Å². The zero-order valence-corrected chi connectivity index (χ0v) is 12.8. The van der Waals surface area contributed by atoms with Gasteiger partial charge < -0.3 is 10.1 Å². The third kappa shape index (κ3) is 2.76. The Labute approximate surface area is 128 Å². The zero-order valence-electron chi connectivity index (χ0n) is 12.0. The first-order valence-electron chi connectivity index (χ1n) is 6.69. The molecule has 3 nitrogen and oxygen atoms in total. The van der Waals surface area contributed by atoms with Crippen molar-refractivity contribution in [2.75, 3.05) is 19.5 Å². The summed E-state index contributed by atoms with van der Waals surface area (Å²) in [5.41, 5.74) is 4.40. The summed E-state index contributed by atoms with van der Waals surface area (Å²) in [6.07, 6.45) is 0. The molecule has 0 saturated carbocycles. The van der Waals surface area contributed by atoms with Gasteiger partial charge in [0.05, 0.1) is 12.8 Å². The predicted octanol–water partition coefficient (Wildman–Crippen LogP) is 4.53. The fourth-order valence-corrected chi connectivity index (χ4v) is 2.93. The molecule has 1 heterocycles. The maximum atomic E-state index is 5.32. The lowest BCUT2D eigenvalue weighted by Gasteiger charge is -2.09. The lowest BCUT2D eigenvalue weighted by atomic mass is 9.98. The topological polar surface area (TPSA) is 34.2 Å². The van der Waals surface area contributed by atoms with E-state index in [1.165, 1.54) is 0 Å². The number of nitrogens with zero attached hydrogens (tertiary/aromatic N) is 1. The minimum Gasteiger partial charge on any atom is -0.497 e. The third-order valence-corrected chi connectivity index (χ3v) is 4.16. The Morgan fingerprint density at radius 2 is 1.86 bits per heavy atom. The maximum Gasteiger partial charge on any atom is 0.182 e. The molecule has 0 aliphatic heterocycles. The summed E-state index contributed by atoms with van der Waals surface area (Å²) in [5.74, 6) is 0.858. The van der Waals surface area contributed by atoms with Gasteiger partial charge in [-0.05, 0) is 23.3 Å². The minimum atomic E-state index is 0.858. The molecule has 0 aliphatic rings. The van der Waals surface area contributed by atoms with E-state index in [4.69, 9.17) is 4.74 Å². The monoisotopic (exact) mass is 296 g/mol. The van der Waals surface area contributed by atoms with Crippen molar-refractivity contribution in [2.45, 2.75) is 0 Å². The average Bonchev–Trinajstić information content (AvgIpc) is 3.04. The Bertz CT molecular complexity index is 752. The van der Waals surface area contributed by atoms with Crippen molar-refractivity contribution in [1.29, 1.82) is 0 Å². The van der Waals surface area contributed by atoms with E-state index in [0.717, 1.165) is 33.3 Å². The number of rotatable bonds is 4. The van der Waals surface area contributed by atoms with Gasteiger partial charge in [0.2, 0.25) is 0 Å². The lowest BCUT2D eigenvalue weighted by molar-refractivity contribution is 0.415. The second kappa shape index (κ2) is 5.97. The number of thiazole rings is 1. The van der Waals surface area contributed by atoms with Crippen LogP contribution in [0.1, 0.15) is 0 Å². The Morgan fingerprint density at radius 1 is 1.05 bits per heavy atom. The molecule has 3 aromatic rings. The van der Waals surface area contributed by atoms with E-state index in [2.05, 4.69) is 33.9 Å². The summed E-state index contributed by atoms with van der Waals surface area (Å²) in [4.78, 5) is 4.60. The predicted molar refractivity (Wildman–Crippen MR) is 89.1 cm³/mol. The van der Waals surface area contributed by atoms with Crippen LogP contribution in [0.25, 0.3) is 22.4 Å². The van der Waals surface area contributed by atoms with Gasteiger partial charge in [-0.2, -0.15) is 0 Å². The molecular formula is C17H16N2OS. The summed E-state index contributed by atoms with van der Waals surface area (Å²) < 4.78 is 5.32. The Morgan fingerprint density at radius 3 is 2.57 bits per heavy atom. The summed E-state index contributed by atoms with van der Waals surface area (Å²) in [5, 5.41) is 6.08. The standard InChI is InChI=1S/C17H16N2OS/c1-18-17-19-16(11-21-17)15-9-4-3-8-14(15)12-6-5-7-13(10-12)20-2/h3-11H,1-2H3,(H,18,19). The van der Waals surface area contributed by atoms with E-state index in [1.54, 1.807) is 18.4 Å². The molecule has 0 amide bonds. The van der Waals surface area contributed by atoms with Gasteiger partial charge in [0.1, 0.15) is 5.75 Å². The van der Waals surface area contributed by atoms with Crippen LogP contribution in [0.3, 0.4) is 0 Å². The first-order chi connectivity index (χ1) is 10.3. The van der Waals surface area contributed by atoms with Gasteiger partial charge in [-0.25, -0.2) is 4.98 Å². The number of nitrogens with one attached hydrogen (secondary N) is 1. The van der Waals surface area contributed by atoms with Crippen LogP contribution in [-0.4, -0.2) is 19.1 Å². The van der Waals surface area contributed by atoms with Crippen molar-refractivity contribution in [3.8, 4) is 28.1 Å². The highest BCUT2D eigenvalue weighted by Gasteiger charge is 2.10. The number of aromatic nitrogens is 1. The Kier molecular flexibility index (Phi) is 3.88. The quantitative estimate of drug-likeness (QED) is 0.768. The normalized spacial score (nSPS) is 10.4. The van der Waals surface area contributed by atoms with Crippen LogP contribution in [-0.2, 0) is 0 Å². The molecule has 3 rings (SSSR count). The molecule has 0 atom stereocenters. The van der Waals surface area contributed by atoms with Crippen LogP contribution < -0.4 is 10.1 Å². The first kappa shape index (κ1) is 13.6. The lowest BCUT2D eigenvalue weighted by Crippen LogP contribution is -1.89. The second-order valence-electron chi connectivity index (χ2n) is 4.57. The largest absolute Gasteiger partial charge is 0.497 e. The molecule has 0 bridgehead atoms. The molecule has 0 saturated heterocycles. The molecule has 0 spiro atoms. The molecule has 106 valence electrons. The smallest absolute Gasteiger partial charge is 0.182 e. The first-order valence-corrected chi connectivity index (χ1v) is 7.57. The zero-order chi connectivity index (χ0) is 14.7. The van der Waals surface area contributed by atoms with Crippen LogP contribution in [0.2, 0.25) is 0 Å². The van der Waals surface area contributed by atoms with E-state index in [-0.39, 0.29) is 0 Å². The fraction of sp³-hybridized carbons (Fsp3) is 0.118. The van der Waals surface area contributed by atoms with Crippen LogP contribution in [0.15, 0.2) is 53.9 Å². The van der Waals surface area contributed by atoms with Crippen molar-refractivity contribution in [1.82, 2.24) is 4.98 Å². The highest BCUT2D eigenvalue weighted by molar-refractivity contribution is 7.14. The van der Waals surface area contributed by atoms with E-state index in [0.29, 0.717) is 0 Å². The SMILES string of the molecule is CNc1nc(-c2ccccc2-c2cccc(OC)c2)cs1. The molecule has 0 aliphatic carbocycles. The molecule has 1 aromatic heterocycles. The van der Waals surface area contributed by atoms with Crippen LogP contribution in [0.5, 0.6) is 5.75 Å². The van der Waals surface area contributed by atoms with Gasteiger partial charge >= 0.3 is 0 Å². The van der Waals surface area contributed by atoms with Gasteiger partial charge in [0.25, 0.3) is 0 Å². The summed E-state index contributed by atoms with van der Waals surface area (Å²) in [7, 11) is 3.57. The third-order valence-electron chi connectivity index (χ3n) is 3.30. The maximum absolute atomic E-state index is 5.32. The molecule has 0 radical (unpaired) electrons. The van der Waals surface area contributed by atoms with E-state index >= 15 is 0 Å². The van der Waals surface area contributed by atoms with Gasteiger partial charge in [-0.1, -0.05) is 36.4 Å². The number of hydrogen-bond donors (Lipinski definition) is 1. The Balaban J connectivity index is 2.10. The van der Waals surface area contributed by atoms with E-state index in [1.807, 2.05) is 37.4 Å². The highest BCUT2D eigenvalue weighted by atomic mass is 32.1. The second-order valence-corrected chi connectivity index (χ2v) is 5.42. The minimum absolute atomic E-state index is 0.858. The Hall–Kier alpha value is -2.33. The van der Waals surface area contributed by atoms with Crippen molar-refractivity contribution < 1.29 is 4.74 Å².